The number of hydrogen-bond donors (Lipinski definition) is 1. The van der Waals surface area contributed by atoms with E-state index in [2.05, 4.69) is 15.3 Å². The maximum Gasteiger partial charge on any atom is 0.224 e. The van der Waals surface area contributed by atoms with Crippen LogP contribution in [0.4, 0.5) is 5.82 Å². The van der Waals surface area contributed by atoms with Crippen LogP contribution in [0.3, 0.4) is 0 Å². The second-order valence-corrected chi connectivity index (χ2v) is 4.35. The first-order valence-corrected chi connectivity index (χ1v) is 5.98. The molecule has 0 aromatic carbocycles. The van der Waals surface area contributed by atoms with Crippen LogP contribution in [0.25, 0.3) is 0 Å². The molecule has 1 aliphatic heterocycles. The molecule has 0 bridgehead atoms. The highest BCUT2D eigenvalue weighted by molar-refractivity contribution is 6.28. The summed E-state index contributed by atoms with van der Waals surface area (Å²) in [6.07, 6.45) is 3.78. The van der Waals surface area contributed by atoms with Gasteiger partial charge in [-0.15, -0.1) is 0 Å². The van der Waals surface area contributed by atoms with Gasteiger partial charge in [0, 0.05) is 24.9 Å². The summed E-state index contributed by atoms with van der Waals surface area (Å²) in [5.41, 5.74) is 0.875. The van der Waals surface area contributed by atoms with Crippen molar-refractivity contribution in [3.05, 3.63) is 17.0 Å². The van der Waals surface area contributed by atoms with E-state index in [1.54, 1.807) is 0 Å². The van der Waals surface area contributed by atoms with Crippen LogP contribution in [-0.4, -0.2) is 29.2 Å². The van der Waals surface area contributed by atoms with Gasteiger partial charge >= 0.3 is 0 Å². The van der Waals surface area contributed by atoms with Crippen LogP contribution in [0.15, 0.2) is 6.07 Å². The standard InChI is InChI=1S/C11H16ClN3O/c1-8-7-10(15-11(12)14-8)13-5-4-9-3-2-6-16-9/h7,9H,2-6H2,1H3,(H,13,14,15). The molecule has 1 atom stereocenters. The molecule has 88 valence electrons. The summed E-state index contributed by atoms with van der Waals surface area (Å²) >= 11 is 5.77. The summed E-state index contributed by atoms with van der Waals surface area (Å²) in [5, 5.41) is 3.53. The van der Waals surface area contributed by atoms with Crippen LogP contribution in [0.2, 0.25) is 5.28 Å². The minimum absolute atomic E-state index is 0.291. The SMILES string of the molecule is Cc1cc(NCCC2CCCO2)nc(Cl)n1. The summed E-state index contributed by atoms with van der Waals surface area (Å²) in [6.45, 7) is 3.67. The van der Waals surface area contributed by atoms with Crippen molar-refractivity contribution in [2.75, 3.05) is 18.5 Å². The number of nitrogens with zero attached hydrogens (tertiary/aromatic N) is 2. The van der Waals surface area contributed by atoms with Crippen LogP contribution < -0.4 is 5.32 Å². The average molecular weight is 242 g/mol. The van der Waals surface area contributed by atoms with E-state index in [9.17, 15) is 0 Å². The summed E-state index contributed by atoms with van der Waals surface area (Å²) in [5.74, 6) is 0.787. The van der Waals surface area contributed by atoms with Crippen molar-refractivity contribution in [3.63, 3.8) is 0 Å². The van der Waals surface area contributed by atoms with Crippen molar-refractivity contribution in [1.82, 2.24) is 9.97 Å². The van der Waals surface area contributed by atoms with Gasteiger partial charge in [0.15, 0.2) is 0 Å². The maximum absolute atomic E-state index is 5.77. The molecule has 1 aliphatic rings. The van der Waals surface area contributed by atoms with Crippen LogP contribution >= 0.6 is 11.6 Å². The average Bonchev–Trinajstić information content (AvgIpc) is 2.69. The zero-order chi connectivity index (χ0) is 11.4. The quantitative estimate of drug-likeness (QED) is 0.823. The highest BCUT2D eigenvalue weighted by Gasteiger charge is 2.14. The molecule has 1 aromatic rings. The zero-order valence-corrected chi connectivity index (χ0v) is 10.1. The third-order valence-electron chi connectivity index (χ3n) is 2.62. The molecule has 1 aromatic heterocycles. The smallest absolute Gasteiger partial charge is 0.224 e. The molecule has 0 saturated carbocycles. The summed E-state index contributed by atoms with van der Waals surface area (Å²) < 4.78 is 5.54. The maximum atomic E-state index is 5.77. The number of aryl methyl sites for hydroxylation is 1. The van der Waals surface area contributed by atoms with Crippen LogP contribution in [-0.2, 0) is 4.74 Å². The van der Waals surface area contributed by atoms with Gasteiger partial charge in [-0.2, -0.15) is 0 Å². The Morgan fingerprint density at radius 3 is 3.12 bits per heavy atom. The molecule has 16 heavy (non-hydrogen) atoms. The van der Waals surface area contributed by atoms with Gasteiger partial charge in [0.1, 0.15) is 5.82 Å². The van der Waals surface area contributed by atoms with Crippen molar-refractivity contribution in [2.24, 2.45) is 0 Å². The molecule has 1 fully saturated rings. The fourth-order valence-corrected chi connectivity index (χ4v) is 2.08. The molecular formula is C11H16ClN3O. The monoisotopic (exact) mass is 241 g/mol. The third kappa shape index (κ3) is 3.32. The van der Waals surface area contributed by atoms with Gasteiger partial charge in [-0.05, 0) is 37.8 Å². The van der Waals surface area contributed by atoms with Crippen molar-refractivity contribution < 1.29 is 4.74 Å². The number of anilines is 1. The van der Waals surface area contributed by atoms with E-state index >= 15 is 0 Å². The molecule has 0 amide bonds. The van der Waals surface area contributed by atoms with E-state index in [1.807, 2.05) is 13.0 Å². The van der Waals surface area contributed by atoms with Crippen molar-refractivity contribution >= 4 is 17.4 Å². The number of nitrogens with one attached hydrogen (secondary N) is 1. The Hall–Kier alpha value is -0.870. The topological polar surface area (TPSA) is 47.0 Å². The first-order chi connectivity index (χ1) is 7.74. The van der Waals surface area contributed by atoms with E-state index in [0.29, 0.717) is 11.4 Å². The molecule has 0 spiro atoms. The highest BCUT2D eigenvalue weighted by atomic mass is 35.5. The second-order valence-electron chi connectivity index (χ2n) is 4.01. The Labute approximate surface area is 100 Å². The first kappa shape index (κ1) is 11.6. The van der Waals surface area contributed by atoms with Crippen LogP contribution in [0.5, 0.6) is 0 Å². The van der Waals surface area contributed by atoms with Gasteiger partial charge in [0.25, 0.3) is 0 Å². The minimum Gasteiger partial charge on any atom is -0.378 e. The summed E-state index contributed by atoms with van der Waals surface area (Å²) in [4.78, 5) is 8.11. The van der Waals surface area contributed by atoms with E-state index in [4.69, 9.17) is 16.3 Å². The van der Waals surface area contributed by atoms with Gasteiger partial charge < -0.3 is 10.1 Å². The van der Waals surface area contributed by atoms with Crippen molar-refractivity contribution in [2.45, 2.75) is 32.3 Å². The van der Waals surface area contributed by atoms with E-state index in [1.165, 1.54) is 12.8 Å². The lowest BCUT2D eigenvalue weighted by Crippen LogP contribution is -2.13. The number of aromatic nitrogens is 2. The summed E-state index contributed by atoms with van der Waals surface area (Å²) in [7, 11) is 0. The molecule has 0 aliphatic carbocycles. The van der Waals surface area contributed by atoms with Gasteiger partial charge in [0.05, 0.1) is 6.10 Å². The van der Waals surface area contributed by atoms with Crippen LogP contribution in [0.1, 0.15) is 25.0 Å². The van der Waals surface area contributed by atoms with Gasteiger partial charge in [-0.1, -0.05) is 0 Å². The zero-order valence-electron chi connectivity index (χ0n) is 9.37. The number of halogens is 1. The predicted molar refractivity (Wildman–Crippen MR) is 63.9 cm³/mol. The fourth-order valence-electron chi connectivity index (χ4n) is 1.86. The molecular weight excluding hydrogens is 226 g/mol. The highest BCUT2D eigenvalue weighted by Crippen LogP contribution is 2.15. The van der Waals surface area contributed by atoms with Gasteiger partial charge in [-0.3, -0.25) is 0 Å². The Bertz CT molecular complexity index is 333. The van der Waals surface area contributed by atoms with E-state index < -0.39 is 0 Å². The Kier molecular flexibility index (Phi) is 3.96. The second kappa shape index (κ2) is 5.46. The van der Waals surface area contributed by atoms with E-state index in [0.717, 1.165) is 31.1 Å². The normalized spacial score (nSPS) is 20.0. The van der Waals surface area contributed by atoms with Crippen LogP contribution in [0, 0.1) is 6.92 Å². The largest absolute Gasteiger partial charge is 0.378 e. The fraction of sp³-hybridized carbons (Fsp3) is 0.636. The summed E-state index contributed by atoms with van der Waals surface area (Å²) in [6, 6.07) is 1.89. The number of ether oxygens (including phenoxy) is 1. The number of rotatable bonds is 4. The molecule has 2 rings (SSSR count). The third-order valence-corrected chi connectivity index (χ3v) is 2.79. The molecule has 2 heterocycles. The predicted octanol–water partition coefficient (Wildman–Crippen LogP) is 2.42. The molecule has 0 radical (unpaired) electrons. The molecule has 1 N–H and O–H groups in total. The van der Waals surface area contributed by atoms with Gasteiger partial charge in [-0.25, -0.2) is 9.97 Å². The number of hydrogen-bond acceptors (Lipinski definition) is 4. The molecule has 5 heteroatoms. The van der Waals surface area contributed by atoms with E-state index in [-0.39, 0.29) is 0 Å². The Morgan fingerprint density at radius 1 is 1.56 bits per heavy atom. The van der Waals surface area contributed by atoms with Crippen molar-refractivity contribution in [3.8, 4) is 0 Å². The Morgan fingerprint density at radius 2 is 2.44 bits per heavy atom. The first-order valence-electron chi connectivity index (χ1n) is 5.61. The lowest BCUT2D eigenvalue weighted by Gasteiger charge is -2.10. The lowest BCUT2D eigenvalue weighted by molar-refractivity contribution is 0.107. The molecule has 4 nitrogen and oxygen atoms in total. The lowest BCUT2D eigenvalue weighted by atomic mass is 10.2. The molecule has 1 saturated heterocycles. The van der Waals surface area contributed by atoms with Crippen molar-refractivity contribution in [1.29, 1.82) is 0 Å². The minimum atomic E-state index is 0.291. The molecule has 1 unspecified atom stereocenters. The Balaban J connectivity index is 1.80. The van der Waals surface area contributed by atoms with Gasteiger partial charge in [0.2, 0.25) is 5.28 Å².